The van der Waals surface area contributed by atoms with Gasteiger partial charge in [0.05, 0.1) is 6.04 Å². The first-order chi connectivity index (χ1) is 9.47. The molecule has 0 amide bonds. The third-order valence-corrected chi connectivity index (χ3v) is 3.16. The van der Waals surface area contributed by atoms with Gasteiger partial charge >= 0.3 is 5.69 Å². The Balaban J connectivity index is 2.86. The van der Waals surface area contributed by atoms with Gasteiger partial charge in [-0.2, -0.15) is 0 Å². The lowest BCUT2D eigenvalue weighted by molar-refractivity contribution is 0.398. The number of aromatic hydroxyl groups is 1. The van der Waals surface area contributed by atoms with Gasteiger partial charge in [-0.3, -0.25) is 9.78 Å². The first kappa shape index (κ1) is 13.7. The normalized spacial score (nSPS) is 11.8. The molecule has 5 nitrogen and oxygen atoms in total. The van der Waals surface area contributed by atoms with Crippen molar-refractivity contribution in [2.45, 2.75) is 19.9 Å². The average Bonchev–Trinajstić information content (AvgIpc) is 2.40. The van der Waals surface area contributed by atoms with E-state index in [2.05, 4.69) is 10.9 Å². The van der Waals surface area contributed by atoms with Crippen molar-refractivity contribution in [1.82, 2.24) is 9.55 Å². The lowest BCUT2D eigenvalue weighted by Gasteiger charge is -2.14. The number of rotatable bonds is 2. The molecule has 0 aliphatic heterocycles. The number of nitrogens with zero attached hydrogens (tertiary/aromatic N) is 1. The molecule has 0 spiro atoms. The van der Waals surface area contributed by atoms with Crippen molar-refractivity contribution in [3.8, 4) is 29.4 Å². The third-order valence-electron chi connectivity index (χ3n) is 3.16. The quantitative estimate of drug-likeness (QED) is 0.810. The zero-order valence-electron chi connectivity index (χ0n) is 11.2. The van der Waals surface area contributed by atoms with Crippen LogP contribution in [0.2, 0.25) is 0 Å². The van der Waals surface area contributed by atoms with E-state index in [1.54, 1.807) is 19.1 Å². The summed E-state index contributed by atoms with van der Waals surface area (Å²) < 4.78 is 0.989. The summed E-state index contributed by atoms with van der Waals surface area (Å²) in [6, 6.07) is 6.43. The second-order valence-corrected chi connectivity index (χ2v) is 4.49. The van der Waals surface area contributed by atoms with Crippen LogP contribution in [-0.4, -0.2) is 14.7 Å². The fourth-order valence-corrected chi connectivity index (χ4v) is 2.07. The number of nitrogens with one attached hydrogen (secondary N) is 1. The van der Waals surface area contributed by atoms with Crippen molar-refractivity contribution < 1.29 is 5.11 Å². The molecule has 0 aliphatic rings. The van der Waals surface area contributed by atoms with Crippen LogP contribution in [0.5, 0.6) is 5.88 Å². The molecule has 1 heterocycles. The fraction of sp³-hybridized carbons (Fsp3) is 0.200. The van der Waals surface area contributed by atoms with Gasteiger partial charge in [0, 0.05) is 0 Å². The van der Waals surface area contributed by atoms with Crippen LogP contribution >= 0.6 is 0 Å². The van der Waals surface area contributed by atoms with Gasteiger partial charge in [-0.1, -0.05) is 30.2 Å². The van der Waals surface area contributed by atoms with E-state index in [0.29, 0.717) is 5.56 Å². The summed E-state index contributed by atoms with van der Waals surface area (Å²) in [4.78, 5) is 26.0. The van der Waals surface area contributed by atoms with E-state index in [4.69, 9.17) is 6.42 Å². The smallest absolute Gasteiger partial charge is 0.332 e. The van der Waals surface area contributed by atoms with Crippen molar-refractivity contribution in [2.75, 3.05) is 0 Å². The van der Waals surface area contributed by atoms with Crippen molar-refractivity contribution >= 4 is 0 Å². The van der Waals surface area contributed by atoms with Gasteiger partial charge < -0.3 is 5.11 Å². The summed E-state index contributed by atoms with van der Waals surface area (Å²) in [6.45, 7) is 3.40. The van der Waals surface area contributed by atoms with E-state index in [0.717, 1.165) is 10.1 Å². The molecule has 102 valence electrons. The van der Waals surface area contributed by atoms with Crippen molar-refractivity contribution in [3.63, 3.8) is 0 Å². The van der Waals surface area contributed by atoms with E-state index in [1.165, 1.54) is 0 Å². The summed E-state index contributed by atoms with van der Waals surface area (Å²) >= 11 is 0. The van der Waals surface area contributed by atoms with Gasteiger partial charge in [0.15, 0.2) is 0 Å². The molecule has 0 saturated carbocycles. The van der Waals surface area contributed by atoms with Crippen LogP contribution in [0.4, 0.5) is 0 Å². The first-order valence-corrected chi connectivity index (χ1v) is 6.07. The highest BCUT2D eigenvalue weighted by Crippen LogP contribution is 2.28. The van der Waals surface area contributed by atoms with Gasteiger partial charge in [0.2, 0.25) is 5.88 Å². The molecule has 0 bridgehead atoms. The minimum atomic E-state index is -0.727. The van der Waals surface area contributed by atoms with Crippen LogP contribution in [-0.2, 0) is 0 Å². The Kier molecular flexibility index (Phi) is 3.49. The molecule has 0 aliphatic carbocycles. The first-order valence-electron chi connectivity index (χ1n) is 6.07. The number of H-pyrrole nitrogens is 1. The molecule has 2 N–H and O–H groups in total. The molecular formula is C15H14N2O3. The largest absolute Gasteiger partial charge is 0.494 e. The number of aromatic nitrogens is 2. The monoisotopic (exact) mass is 270 g/mol. The van der Waals surface area contributed by atoms with Crippen LogP contribution in [0.1, 0.15) is 18.5 Å². The molecule has 1 aromatic carbocycles. The Bertz CT molecular complexity index is 809. The SMILES string of the molecule is C#CC(C)n1c(O)c(-c2ccccc2C)c(=O)[nH]c1=O. The molecule has 2 aromatic rings. The van der Waals surface area contributed by atoms with Gasteiger partial charge in [0.25, 0.3) is 5.56 Å². The van der Waals surface area contributed by atoms with Crippen molar-refractivity contribution in [2.24, 2.45) is 0 Å². The maximum atomic E-state index is 12.0. The van der Waals surface area contributed by atoms with Gasteiger partial charge in [0.1, 0.15) is 5.56 Å². The van der Waals surface area contributed by atoms with E-state index >= 15 is 0 Å². The fourth-order valence-electron chi connectivity index (χ4n) is 2.07. The number of aromatic amines is 1. The summed E-state index contributed by atoms with van der Waals surface area (Å²) in [5.41, 5.74) is 0.0541. The average molecular weight is 270 g/mol. The molecule has 0 fully saturated rings. The van der Waals surface area contributed by atoms with Crippen molar-refractivity contribution in [1.29, 1.82) is 0 Å². The van der Waals surface area contributed by atoms with Gasteiger partial charge in [-0.15, -0.1) is 6.42 Å². The summed E-state index contributed by atoms with van der Waals surface area (Å²) in [5.74, 6) is 1.94. The lowest BCUT2D eigenvalue weighted by atomic mass is 10.0. The van der Waals surface area contributed by atoms with Crippen LogP contribution in [0.25, 0.3) is 11.1 Å². The maximum Gasteiger partial charge on any atom is 0.332 e. The van der Waals surface area contributed by atoms with Crippen LogP contribution < -0.4 is 11.2 Å². The van der Waals surface area contributed by atoms with E-state index in [1.807, 2.05) is 19.1 Å². The zero-order valence-corrected chi connectivity index (χ0v) is 11.2. The molecule has 1 aromatic heterocycles. The zero-order chi connectivity index (χ0) is 14.9. The predicted octanol–water partition coefficient (Wildman–Crippen LogP) is 1.41. The van der Waals surface area contributed by atoms with E-state index in [9.17, 15) is 14.7 Å². The molecular weight excluding hydrogens is 256 g/mol. The maximum absolute atomic E-state index is 12.0. The van der Waals surface area contributed by atoms with Crippen LogP contribution in [0.15, 0.2) is 33.9 Å². The molecule has 1 unspecified atom stereocenters. The minimum Gasteiger partial charge on any atom is -0.494 e. The number of terminal acetylenes is 1. The number of hydrogen-bond acceptors (Lipinski definition) is 3. The Morgan fingerprint density at radius 2 is 2.00 bits per heavy atom. The molecule has 0 radical (unpaired) electrons. The van der Waals surface area contributed by atoms with Crippen molar-refractivity contribution in [3.05, 3.63) is 50.7 Å². The second kappa shape index (κ2) is 5.10. The van der Waals surface area contributed by atoms with Crippen LogP contribution in [0, 0.1) is 19.3 Å². The number of hydrogen-bond donors (Lipinski definition) is 2. The van der Waals surface area contributed by atoms with E-state index in [-0.39, 0.29) is 5.56 Å². The molecule has 1 atom stereocenters. The predicted molar refractivity (Wildman–Crippen MR) is 76.7 cm³/mol. The highest BCUT2D eigenvalue weighted by Gasteiger charge is 2.19. The Morgan fingerprint density at radius 3 is 2.60 bits per heavy atom. The highest BCUT2D eigenvalue weighted by molar-refractivity contribution is 5.70. The number of aryl methyl sites for hydroxylation is 1. The summed E-state index contributed by atoms with van der Waals surface area (Å²) in [6.07, 6.45) is 5.29. The Hall–Kier alpha value is -2.74. The standard InChI is InChI=1S/C15H14N2O3/c1-4-10(3)17-14(19)12(13(18)16-15(17)20)11-8-6-5-7-9(11)2/h1,5-8,10,19H,2-3H3,(H,16,18,20). The Labute approximate surface area is 115 Å². The van der Waals surface area contributed by atoms with Crippen LogP contribution in [0.3, 0.4) is 0 Å². The van der Waals surface area contributed by atoms with E-state index < -0.39 is 23.2 Å². The third kappa shape index (κ3) is 2.12. The topological polar surface area (TPSA) is 75.1 Å². The Morgan fingerprint density at radius 1 is 1.35 bits per heavy atom. The second-order valence-electron chi connectivity index (χ2n) is 4.49. The molecule has 5 heteroatoms. The molecule has 20 heavy (non-hydrogen) atoms. The number of benzene rings is 1. The van der Waals surface area contributed by atoms with Gasteiger partial charge in [-0.25, -0.2) is 9.36 Å². The molecule has 0 saturated heterocycles. The summed E-state index contributed by atoms with van der Waals surface area (Å²) in [7, 11) is 0. The molecule has 2 rings (SSSR count). The highest BCUT2D eigenvalue weighted by atomic mass is 16.3. The minimum absolute atomic E-state index is 0.0461. The lowest BCUT2D eigenvalue weighted by Crippen LogP contribution is -2.32. The summed E-state index contributed by atoms with van der Waals surface area (Å²) in [5, 5.41) is 10.3. The van der Waals surface area contributed by atoms with Gasteiger partial charge in [-0.05, 0) is 25.0 Å².